The molecular formula is C23H37IN4O3. The Morgan fingerprint density at radius 2 is 1.94 bits per heavy atom. The lowest BCUT2D eigenvalue weighted by Gasteiger charge is -2.37. The summed E-state index contributed by atoms with van der Waals surface area (Å²) in [6.45, 7) is 7.69. The smallest absolute Gasteiger partial charge is 0.191 e. The fourth-order valence-corrected chi connectivity index (χ4v) is 4.24. The zero-order chi connectivity index (χ0) is 20.6. The Morgan fingerprint density at radius 1 is 1.13 bits per heavy atom. The summed E-state index contributed by atoms with van der Waals surface area (Å²) in [6.07, 6.45) is 3.72. The second-order valence-corrected chi connectivity index (χ2v) is 8.51. The largest absolute Gasteiger partial charge is 0.493 e. The first-order chi connectivity index (χ1) is 14.8. The Labute approximate surface area is 203 Å². The molecule has 3 fully saturated rings. The maximum atomic E-state index is 6.04. The Kier molecular flexibility index (Phi) is 10.1. The molecule has 2 aliphatic heterocycles. The van der Waals surface area contributed by atoms with E-state index in [1.807, 2.05) is 13.1 Å². The van der Waals surface area contributed by atoms with Gasteiger partial charge in [0.05, 0.1) is 26.4 Å². The van der Waals surface area contributed by atoms with Gasteiger partial charge in [-0.1, -0.05) is 18.2 Å². The first kappa shape index (κ1) is 24.5. The second kappa shape index (κ2) is 12.8. The van der Waals surface area contributed by atoms with Crippen molar-refractivity contribution in [2.45, 2.75) is 31.8 Å². The monoisotopic (exact) mass is 544 g/mol. The average molecular weight is 544 g/mol. The number of hydrogen-bond donors (Lipinski definition) is 2. The molecule has 2 saturated heterocycles. The highest BCUT2D eigenvalue weighted by molar-refractivity contribution is 14.0. The van der Waals surface area contributed by atoms with Crippen molar-refractivity contribution in [1.29, 1.82) is 0 Å². The lowest BCUT2D eigenvalue weighted by molar-refractivity contribution is 0.00246. The van der Waals surface area contributed by atoms with Crippen LogP contribution < -0.4 is 15.4 Å². The van der Waals surface area contributed by atoms with Gasteiger partial charge in [0.1, 0.15) is 5.75 Å². The molecule has 31 heavy (non-hydrogen) atoms. The first-order valence-corrected chi connectivity index (χ1v) is 11.4. The van der Waals surface area contributed by atoms with Crippen LogP contribution in [-0.4, -0.2) is 76.6 Å². The van der Waals surface area contributed by atoms with Crippen molar-refractivity contribution in [3.05, 3.63) is 29.8 Å². The SMILES string of the molecule is CN=C(NCc1ccccc1OCC1CC1)NCC(C1CCOC1)N1CCOCC1.I. The zero-order valence-electron chi connectivity index (χ0n) is 18.6. The van der Waals surface area contributed by atoms with Crippen molar-refractivity contribution in [2.75, 3.05) is 59.7 Å². The van der Waals surface area contributed by atoms with Crippen molar-refractivity contribution in [1.82, 2.24) is 15.5 Å². The number of ether oxygens (including phenoxy) is 3. The third-order valence-electron chi connectivity index (χ3n) is 6.32. The highest BCUT2D eigenvalue weighted by Gasteiger charge is 2.31. The van der Waals surface area contributed by atoms with Gasteiger partial charge in [0.2, 0.25) is 0 Å². The molecule has 4 rings (SSSR count). The highest BCUT2D eigenvalue weighted by Crippen LogP contribution is 2.30. The van der Waals surface area contributed by atoms with E-state index >= 15 is 0 Å². The topological polar surface area (TPSA) is 67.4 Å². The number of para-hydroxylation sites is 1. The summed E-state index contributed by atoms with van der Waals surface area (Å²) in [5.41, 5.74) is 1.16. The van der Waals surface area contributed by atoms with Crippen LogP contribution in [0.4, 0.5) is 0 Å². The number of rotatable bonds is 9. The van der Waals surface area contributed by atoms with Gasteiger partial charge in [-0.2, -0.15) is 0 Å². The summed E-state index contributed by atoms with van der Waals surface area (Å²) < 4.78 is 17.3. The number of morpholine rings is 1. The molecule has 2 atom stereocenters. The third-order valence-corrected chi connectivity index (χ3v) is 6.32. The quantitative estimate of drug-likeness (QED) is 0.283. The van der Waals surface area contributed by atoms with Gasteiger partial charge in [-0.15, -0.1) is 24.0 Å². The molecule has 3 aliphatic rings. The molecular weight excluding hydrogens is 507 g/mol. The molecule has 2 heterocycles. The summed E-state index contributed by atoms with van der Waals surface area (Å²) in [7, 11) is 1.83. The number of benzene rings is 1. The first-order valence-electron chi connectivity index (χ1n) is 11.4. The van der Waals surface area contributed by atoms with E-state index in [-0.39, 0.29) is 24.0 Å². The Balaban J connectivity index is 0.00000272. The van der Waals surface area contributed by atoms with E-state index in [0.29, 0.717) is 18.5 Å². The van der Waals surface area contributed by atoms with Crippen LogP contribution in [0, 0.1) is 11.8 Å². The van der Waals surface area contributed by atoms with Crippen LogP contribution in [0.2, 0.25) is 0 Å². The van der Waals surface area contributed by atoms with Gasteiger partial charge in [0.25, 0.3) is 0 Å². The maximum Gasteiger partial charge on any atom is 0.191 e. The molecule has 2 unspecified atom stereocenters. The Morgan fingerprint density at radius 3 is 2.65 bits per heavy atom. The van der Waals surface area contributed by atoms with Crippen molar-refractivity contribution >= 4 is 29.9 Å². The Hall–Kier alpha value is -1.10. The fraction of sp³-hybridized carbons (Fsp3) is 0.696. The average Bonchev–Trinajstić information content (AvgIpc) is 3.47. The molecule has 1 aromatic carbocycles. The zero-order valence-corrected chi connectivity index (χ0v) is 20.9. The van der Waals surface area contributed by atoms with Crippen LogP contribution in [-0.2, 0) is 16.0 Å². The van der Waals surface area contributed by atoms with Crippen molar-refractivity contribution in [3.8, 4) is 5.75 Å². The Bertz CT molecular complexity index is 689. The van der Waals surface area contributed by atoms with Gasteiger partial charge >= 0.3 is 0 Å². The molecule has 174 valence electrons. The molecule has 7 nitrogen and oxygen atoms in total. The van der Waals surface area contributed by atoms with E-state index in [0.717, 1.165) is 82.3 Å². The third kappa shape index (κ3) is 7.47. The van der Waals surface area contributed by atoms with E-state index in [1.54, 1.807) is 0 Å². The molecule has 1 aliphatic carbocycles. The van der Waals surface area contributed by atoms with Gasteiger partial charge < -0.3 is 24.8 Å². The molecule has 2 N–H and O–H groups in total. The van der Waals surface area contributed by atoms with Gasteiger partial charge in [-0.3, -0.25) is 9.89 Å². The molecule has 0 aromatic heterocycles. The van der Waals surface area contributed by atoms with E-state index < -0.39 is 0 Å². The predicted molar refractivity (Wildman–Crippen MR) is 133 cm³/mol. The van der Waals surface area contributed by atoms with Crippen LogP contribution in [0.1, 0.15) is 24.8 Å². The normalized spacial score (nSPS) is 23.1. The number of aliphatic imine (C=N–C) groups is 1. The van der Waals surface area contributed by atoms with Crippen molar-refractivity contribution in [3.63, 3.8) is 0 Å². The fourth-order valence-electron chi connectivity index (χ4n) is 4.24. The molecule has 1 aromatic rings. The number of nitrogens with zero attached hydrogens (tertiary/aromatic N) is 2. The second-order valence-electron chi connectivity index (χ2n) is 8.51. The van der Waals surface area contributed by atoms with E-state index in [1.165, 1.54) is 12.8 Å². The van der Waals surface area contributed by atoms with Crippen molar-refractivity contribution in [2.24, 2.45) is 16.8 Å². The van der Waals surface area contributed by atoms with Crippen molar-refractivity contribution < 1.29 is 14.2 Å². The van der Waals surface area contributed by atoms with Crippen LogP contribution in [0.5, 0.6) is 5.75 Å². The lowest BCUT2D eigenvalue weighted by atomic mass is 9.97. The number of nitrogens with one attached hydrogen (secondary N) is 2. The molecule has 1 saturated carbocycles. The lowest BCUT2D eigenvalue weighted by Crippen LogP contribution is -2.53. The highest BCUT2D eigenvalue weighted by atomic mass is 127. The van der Waals surface area contributed by atoms with Crippen LogP contribution in [0.3, 0.4) is 0 Å². The summed E-state index contributed by atoms with van der Waals surface area (Å²) in [5.74, 6) is 3.10. The van der Waals surface area contributed by atoms with E-state index in [9.17, 15) is 0 Å². The van der Waals surface area contributed by atoms with E-state index in [2.05, 4.69) is 38.7 Å². The summed E-state index contributed by atoms with van der Waals surface area (Å²) in [4.78, 5) is 6.99. The minimum atomic E-state index is 0. The molecule has 8 heteroatoms. The molecule has 0 amide bonds. The number of hydrogen-bond acceptors (Lipinski definition) is 5. The summed E-state index contributed by atoms with van der Waals surface area (Å²) >= 11 is 0. The van der Waals surface area contributed by atoms with Gasteiger partial charge in [0, 0.05) is 57.4 Å². The predicted octanol–water partition coefficient (Wildman–Crippen LogP) is 2.50. The number of guanidine groups is 1. The van der Waals surface area contributed by atoms with Crippen LogP contribution >= 0.6 is 24.0 Å². The summed E-state index contributed by atoms with van der Waals surface area (Å²) in [5, 5.41) is 7.02. The minimum absolute atomic E-state index is 0. The van der Waals surface area contributed by atoms with Gasteiger partial charge in [-0.25, -0.2) is 0 Å². The molecule has 0 spiro atoms. The molecule has 0 radical (unpaired) electrons. The summed E-state index contributed by atoms with van der Waals surface area (Å²) in [6, 6.07) is 8.71. The maximum absolute atomic E-state index is 6.04. The number of halogens is 1. The molecule has 0 bridgehead atoms. The van der Waals surface area contributed by atoms with Crippen LogP contribution in [0.25, 0.3) is 0 Å². The van der Waals surface area contributed by atoms with Gasteiger partial charge in [-0.05, 0) is 31.2 Å². The van der Waals surface area contributed by atoms with E-state index in [4.69, 9.17) is 14.2 Å². The standard InChI is InChI=1S/C23H36N4O3.HI/c1-24-23(25-14-19-4-2-3-5-22(19)30-16-18-6-7-18)26-15-21(20-8-11-29-17-20)27-9-12-28-13-10-27;/h2-5,18,20-21H,6-17H2,1H3,(H2,24,25,26);1H. The minimum Gasteiger partial charge on any atom is -0.493 e. The van der Waals surface area contributed by atoms with Crippen LogP contribution in [0.15, 0.2) is 29.3 Å². The van der Waals surface area contributed by atoms with Gasteiger partial charge in [0.15, 0.2) is 5.96 Å².